The topological polar surface area (TPSA) is 0 Å². The zero-order valence-corrected chi connectivity index (χ0v) is 18.9. The highest BCUT2D eigenvalue weighted by molar-refractivity contribution is 9.11. The Morgan fingerprint density at radius 2 is 0.818 bits per heavy atom. The average molecular weight is 487 g/mol. The van der Waals surface area contributed by atoms with E-state index in [9.17, 15) is 0 Å². The highest BCUT2D eigenvalue weighted by Gasteiger charge is 2.22. The van der Waals surface area contributed by atoms with Crippen LogP contribution in [0.2, 0.25) is 0 Å². The molecule has 0 aliphatic rings. The van der Waals surface area contributed by atoms with Crippen molar-refractivity contribution in [3.63, 3.8) is 0 Å². The van der Waals surface area contributed by atoms with Crippen molar-refractivity contribution in [2.75, 3.05) is 0 Å². The van der Waals surface area contributed by atoms with E-state index >= 15 is 0 Å². The predicted octanol–water partition coefficient (Wildman–Crippen LogP) is 5.75. The molecule has 2 aromatic rings. The fourth-order valence-corrected chi connectivity index (χ4v) is 5.31. The van der Waals surface area contributed by atoms with Crippen LogP contribution in [0.5, 0.6) is 0 Å². The molecule has 0 bridgehead atoms. The van der Waals surface area contributed by atoms with Gasteiger partial charge in [-0.15, -0.1) is 0 Å². The third-order valence-corrected chi connectivity index (χ3v) is 8.06. The average Bonchev–Trinajstić information content (AvgIpc) is 2.50. The van der Waals surface area contributed by atoms with Gasteiger partial charge >= 0.3 is 0 Å². The zero-order chi connectivity index (χ0) is 16.9. The Bertz CT molecular complexity index is 666. The third-order valence-electron chi connectivity index (χ3n) is 5.08. The Hall–Kier alpha value is -0.0551. The Morgan fingerprint density at radius 3 is 1.23 bits per heavy atom. The minimum absolute atomic E-state index is 1.17. The van der Waals surface area contributed by atoms with Gasteiger partial charge in [0.2, 0.25) is 0 Å². The van der Waals surface area contributed by atoms with Crippen LogP contribution in [-0.2, 0) is 0 Å². The van der Waals surface area contributed by atoms with Crippen molar-refractivity contribution in [3.8, 4) is 11.1 Å². The highest BCUT2D eigenvalue weighted by Crippen LogP contribution is 2.44. The highest BCUT2D eigenvalue weighted by atomic mass is 79.9. The van der Waals surface area contributed by atoms with Crippen LogP contribution >= 0.6 is 47.8 Å². The molecule has 0 aliphatic carbocycles. The van der Waals surface area contributed by atoms with Crippen LogP contribution in [0, 0.1) is 41.5 Å². The third kappa shape index (κ3) is 2.65. The lowest BCUT2D eigenvalue weighted by atomic mass is 9.79. The fraction of sp³-hybridized carbons (Fsp3) is 0.333. The zero-order valence-electron chi connectivity index (χ0n) is 14.1. The van der Waals surface area contributed by atoms with Gasteiger partial charge in [-0.25, -0.2) is 0 Å². The molecular formula is C18H20BBr3. The molecule has 0 N–H and O–H groups in total. The second kappa shape index (κ2) is 6.45. The molecule has 0 unspecified atom stereocenters. The van der Waals surface area contributed by atoms with Gasteiger partial charge in [0.05, 0.1) is 0 Å². The van der Waals surface area contributed by atoms with Crippen LogP contribution in [0.1, 0.15) is 33.4 Å². The van der Waals surface area contributed by atoms with Crippen molar-refractivity contribution >= 4 is 61.1 Å². The van der Waals surface area contributed by atoms with Gasteiger partial charge in [0, 0.05) is 19.0 Å². The van der Waals surface area contributed by atoms with Crippen LogP contribution in [-0.4, -0.2) is 7.85 Å². The van der Waals surface area contributed by atoms with E-state index < -0.39 is 0 Å². The van der Waals surface area contributed by atoms with E-state index in [0.717, 1.165) is 0 Å². The lowest BCUT2D eigenvalue weighted by Gasteiger charge is -2.23. The minimum atomic E-state index is 1.17. The molecule has 2 aromatic carbocycles. The normalized spacial score (nSPS) is 11.1. The first-order valence-corrected chi connectivity index (χ1v) is 9.70. The summed E-state index contributed by atoms with van der Waals surface area (Å²) in [5, 5.41) is 0. The number of halogens is 3. The van der Waals surface area contributed by atoms with E-state index in [1.807, 2.05) is 0 Å². The van der Waals surface area contributed by atoms with Crippen molar-refractivity contribution in [1.82, 2.24) is 0 Å². The minimum Gasteiger partial charge on any atom is -0.0769 e. The number of rotatable bonds is 1. The molecule has 0 saturated carbocycles. The van der Waals surface area contributed by atoms with E-state index in [2.05, 4.69) is 97.2 Å². The summed E-state index contributed by atoms with van der Waals surface area (Å²) in [6, 6.07) is 0. The number of hydrogen-bond acceptors (Lipinski definition) is 0. The first-order valence-electron chi connectivity index (χ1n) is 7.32. The van der Waals surface area contributed by atoms with Gasteiger partial charge in [-0.2, -0.15) is 0 Å². The molecule has 0 fully saturated rings. The second-order valence-electron chi connectivity index (χ2n) is 6.07. The van der Waals surface area contributed by atoms with Gasteiger partial charge < -0.3 is 0 Å². The molecule has 4 heteroatoms. The van der Waals surface area contributed by atoms with Gasteiger partial charge in [-0.3, -0.25) is 0 Å². The van der Waals surface area contributed by atoms with E-state index in [1.165, 1.54) is 63.4 Å². The fourth-order valence-electron chi connectivity index (χ4n) is 2.87. The first kappa shape index (κ1) is 18.3. The maximum atomic E-state index is 3.85. The van der Waals surface area contributed by atoms with E-state index in [-0.39, 0.29) is 0 Å². The summed E-state index contributed by atoms with van der Waals surface area (Å²) in [5.41, 5.74) is 11.8. The van der Waals surface area contributed by atoms with Gasteiger partial charge in [0.15, 0.2) is 0 Å². The van der Waals surface area contributed by atoms with Crippen LogP contribution in [0.15, 0.2) is 13.4 Å². The summed E-state index contributed by atoms with van der Waals surface area (Å²) < 4.78 is 3.54. The maximum Gasteiger partial charge on any atom is 0.140 e. The second-order valence-corrected chi connectivity index (χ2v) is 8.45. The maximum absolute atomic E-state index is 3.85. The molecule has 2 rings (SSSR count). The molecule has 0 aromatic heterocycles. The Kier molecular flexibility index (Phi) is 5.36. The van der Waals surface area contributed by atoms with Crippen molar-refractivity contribution in [3.05, 3.63) is 46.8 Å². The molecule has 0 amide bonds. The molecule has 0 radical (unpaired) electrons. The summed E-state index contributed by atoms with van der Waals surface area (Å²) in [6.45, 7) is 13.1. The largest absolute Gasteiger partial charge is 0.140 e. The lowest BCUT2D eigenvalue weighted by Crippen LogP contribution is -2.16. The van der Waals surface area contributed by atoms with Crippen molar-refractivity contribution in [1.29, 1.82) is 0 Å². The molecule has 0 spiro atoms. The summed E-state index contributed by atoms with van der Waals surface area (Å²) in [6.07, 6.45) is 0. The molecular weight excluding hydrogens is 467 g/mol. The van der Waals surface area contributed by atoms with Crippen LogP contribution in [0.25, 0.3) is 11.1 Å². The van der Waals surface area contributed by atoms with Gasteiger partial charge in [0.1, 0.15) is 7.85 Å². The molecule has 116 valence electrons. The van der Waals surface area contributed by atoms with Crippen molar-refractivity contribution in [2.24, 2.45) is 0 Å². The van der Waals surface area contributed by atoms with E-state index in [0.29, 0.717) is 0 Å². The quantitative estimate of drug-likeness (QED) is 0.450. The Balaban J connectivity index is 3.03. The molecule has 0 aliphatic heterocycles. The van der Waals surface area contributed by atoms with Crippen molar-refractivity contribution in [2.45, 2.75) is 41.5 Å². The lowest BCUT2D eigenvalue weighted by molar-refractivity contribution is 1.22. The summed E-state index contributed by atoms with van der Waals surface area (Å²) in [7, 11) is 2.21. The van der Waals surface area contributed by atoms with Crippen LogP contribution in [0.4, 0.5) is 0 Å². The number of hydrogen-bond donors (Lipinski definition) is 0. The van der Waals surface area contributed by atoms with Gasteiger partial charge in [-0.1, -0.05) is 11.0 Å². The SMILES string of the molecule is Bc1c(C)c(C)c(C)c(Br)c1-c1c(Br)c(C)c(C)c(C)c1Br. The molecule has 0 saturated heterocycles. The van der Waals surface area contributed by atoms with Crippen LogP contribution in [0.3, 0.4) is 0 Å². The predicted molar refractivity (Wildman–Crippen MR) is 112 cm³/mol. The molecule has 0 atom stereocenters. The summed E-state index contributed by atoms with van der Waals surface area (Å²) in [4.78, 5) is 0. The van der Waals surface area contributed by atoms with Crippen LogP contribution < -0.4 is 5.46 Å². The molecule has 0 heterocycles. The van der Waals surface area contributed by atoms with E-state index in [1.54, 1.807) is 0 Å². The monoisotopic (exact) mass is 484 g/mol. The Morgan fingerprint density at radius 1 is 0.500 bits per heavy atom. The standard InChI is InChI=1S/C18H20BBr3/c1-7-9(3)15(19)13(16(20)10(7)4)14-17(21)11(5)8(2)12(6)18(14)22/h19H2,1-6H3. The first-order chi connectivity index (χ1) is 10.1. The smallest absolute Gasteiger partial charge is 0.0769 e. The van der Waals surface area contributed by atoms with Gasteiger partial charge in [-0.05, 0) is 123 Å². The summed E-state index contributed by atoms with van der Waals surface area (Å²) in [5.74, 6) is 0. The van der Waals surface area contributed by atoms with E-state index in [4.69, 9.17) is 0 Å². The summed E-state index contributed by atoms with van der Waals surface area (Å²) >= 11 is 11.5. The Labute approximate surface area is 159 Å². The molecule has 22 heavy (non-hydrogen) atoms. The number of benzene rings is 2. The molecule has 0 nitrogen and oxygen atoms in total. The van der Waals surface area contributed by atoms with Crippen molar-refractivity contribution < 1.29 is 0 Å². The van der Waals surface area contributed by atoms with Gasteiger partial charge in [0.25, 0.3) is 0 Å².